The van der Waals surface area contributed by atoms with E-state index in [-0.39, 0.29) is 16.8 Å². The number of ether oxygens (including phenoxy) is 1. The smallest absolute Gasteiger partial charge is 0.262 e. The molecule has 1 amide bonds. The van der Waals surface area contributed by atoms with E-state index in [0.717, 1.165) is 6.26 Å². The summed E-state index contributed by atoms with van der Waals surface area (Å²) < 4.78 is 30.8. The molecule has 0 bridgehead atoms. The summed E-state index contributed by atoms with van der Waals surface area (Å²) in [7, 11) is -1.82. The highest BCUT2D eigenvalue weighted by atomic mass is 35.5. The van der Waals surface area contributed by atoms with Gasteiger partial charge in [0, 0.05) is 36.4 Å². The van der Waals surface area contributed by atoms with Crippen molar-refractivity contribution in [1.29, 1.82) is 0 Å². The highest BCUT2D eigenvalue weighted by molar-refractivity contribution is 7.90. The van der Waals surface area contributed by atoms with Gasteiger partial charge < -0.3 is 14.2 Å². The number of rotatable bonds is 6. The summed E-state index contributed by atoms with van der Waals surface area (Å²) in [5.41, 5.74) is 1.60. The number of amides is 1. The molecule has 0 aliphatic carbocycles. The molecule has 0 fully saturated rings. The maximum atomic E-state index is 13.5. The standard InChI is InChI=1S/C22H23ClN2O4S/c1-15(2)25(16-7-9-17(10-8-16)30(4,27)28)22(26)18-13-19(23)20(14-21(18)29-3)24-11-5-6-12-24/h5-15H,1-4H3. The van der Waals surface area contributed by atoms with Gasteiger partial charge in [-0.15, -0.1) is 0 Å². The molecule has 158 valence electrons. The Hall–Kier alpha value is -2.77. The van der Waals surface area contributed by atoms with Crippen LogP contribution < -0.4 is 9.64 Å². The maximum Gasteiger partial charge on any atom is 0.262 e. The third kappa shape index (κ3) is 4.37. The van der Waals surface area contributed by atoms with E-state index in [1.165, 1.54) is 19.2 Å². The van der Waals surface area contributed by atoms with E-state index in [9.17, 15) is 13.2 Å². The van der Waals surface area contributed by atoms with Crippen LogP contribution in [0.2, 0.25) is 5.02 Å². The summed E-state index contributed by atoms with van der Waals surface area (Å²) in [5.74, 6) is 0.0985. The molecule has 8 heteroatoms. The van der Waals surface area contributed by atoms with E-state index in [1.54, 1.807) is 29.2 Å². The largest absolute Gasteiger partial charge is 0.496 e. The second-order valence-corrected chi connectivity index (χ2v) is 9.55. The molecule has 3 aromatic rings. The van der Waals surface area contributed by atoms with E-state index in [0.29, 0.717) is 27.7 Å². The molecule has 0 saturated heterocycles. The zero-order valence-corrected chi connectivity index (χ0v) is 18.7. The number of halogens is 1. The fraction of sp³-hybridized carbons (Fsp3) is 0.227. The first-order valence-electron chi connectivity index (χ1n) is 9.28. The van der Waals surface area contributed by atoms with Crippen molar-refractivity contribution in [3.05, 3.63) is 71.5 Å². The minimum atomic E-state index is -3.32. The van der Waals surface area contributed by atoms with Crippen molar-refractivity contribution in [2.24, 2.45) is 0 Å². The summed E-state index contributed by atoms with van der Waals surface area (Å²) in [6.45, 7) is 3.76. The number of sulfone groups is 1. The zero-order valence-electron chi connectivity index (χ0n) is 17.2. The third-order valence-corrected chi connectivity index (χ3v) is 6.09. The molecule has 1 heterocycles. The molecule has 0 N–H and O–H groups in total. The number of benzene rings is 2. The van der Waals surface area contributed by atoms with E-state index in [2.05, 4.69) is 0 Å². The van der Waals surface area contributed by atoms with Gasteiger partial charge in [0.1, 0.15) is 5.75 Å². The maximum absolute atomic E-state index is 13.5. The molecule has 0 atom stereocenters. The Balaban J connectivity index is 2.05. The van der Waals surface area contributed by atoms with Crippen molar-refractivity contribution in [2.45, 2.75) is 24.8 Å². The van der Waals surface area contributed by atoms with Crippen LogP contribution >= 0.6 is 11.6 Å². The Bertz CT molecular complexity index is 1150. The van der Waals surface area contributed by atoms with Gasteiger partial charge in [-0.25, -0.2) is 8.42 Å². The van der Waals surface area contributed by atoms with E-state index < -0.39 is 9.84 Å². The first kappa shape index (κ1) is 21.9. The molecule has 0 aliphatic rings. The summed E-state index contributed by atoms with van der Waals surface area (Å²) >= 11 is 6.48. The average molecular weight is 447 g/mol. The Morgan fingerprint density at radius 2 is 1.70 bits per heavy atom. The second-order valence-electron chi connectivity index (χ2n) is 7.13. The molecular formula is C22H23ClN2O4S. The number of aromatic nitrogens is 1. The SMILES string of the molecule is COc1cc(-n2cccc2)c(Cl)cc1C(=O)N(c1ccc(S(C)(=O)=O)cc1)C(C)C. The van der Waals surface area contributed by atoms with Crippen LogP contribution in [0.1, 0.15) is 24.2 Å². The van der Waals surface area contributed by atoms with Crippen LogP contribution in [0.3, 0.4) is 0 Å². The highest BCUT2D eigenvalue weighted by Gasteiger charge is 2.25. The van der Waals surface area contributed by atoms with Gasteiger partial charge >= 0.3 is 0 Å². The molecule has 2 aromatic carbocycles. The van der Waals surface area contributed by atoms with E-state index >= 15 is 0 Å². The lowest BCUT2D eigenvalue weighted by molar-refractivity contribution is 0.0977. The number of carbonyl (C=O) groups excluding carboxylic acids is 1. The van der Waals surface area contributed by atoms with Gasteiger partial charge in [0.05, 0.1) is 28.3 Å². The van der Waals surface area contributed by atoms with Crippen LogP contribution in [-0.2, 0) is 9.84 Å². The van der Waals surface area contributed by atoms with Crippen LogP contribution in [0.25, 0.3) is 5.69 Å². The molecule has 0 aliphatic heterocycles. The van der Waals surface area contributed by atoms with Crippen molar-refractivity contribution >= 4 is 33.0 Å². The summed E-state index contributed by atoms with van der Waals surface area (Å²) in [6, 6.07) is 13.1. The second kappa shape index (κ2) is 8.53. The molecule has 30 heavy (non-hydrogen) atoms. The number of carbonyl (C=O) groups is 1. The van der Waals surface area contributed by atoms with Crippen LogP contribution in [0.15, 0.2) is 65.8 Å². The predicted octanol–water partition coefficient (Wildman–Crippen LogP) is 4.60. The Kier molecular flexibility index (Phi) is 6.24. The molecule has 1 aromatic heterocycles. The number of anilines is 1. The van der Waals surface area contributed by atoms with E-state index in [1.807, 2.05) is 42.9 Å². The predicted molar refractivity (Wildman–Crippen MR) is 119 cm³/mol. The average Bonchev–Trinajstić information content (AvgIpc) is 3.21. The van der Waals surface area contributed by atoms with Crippen molar-refractivity contribution in [3.8, 4) is 11.4 Å². The third-order valence-electron chi connectivity index (χ3n) is 4.66. The van der Waals surface area contributed by atoms with Gasteiger partial charge in [-0.05, 0) is 56.3 Å². The van der Waals surface area contributed by atoms with Crippen molar-refractivity contribution in [3.63, 3.8) is 0 Å². The highest BCUT2D eigenvalue weighted by Crippen LogP contribution is 2.32. The monoisotopic (exact) mass is 446 g/mol. The van der Waals surface area contributed by atoms with Crippen molar-refractivity contribution in [1.82, 2.24) is 4.57 Å². The number of hydrogen-bond acceptors (Lipinski definition) is 4. The lowest BCUT2D eigenvalue weighted by Gasteiger charge is -2.28. The quantitative estimate of drug-likeness (QED) is 0.555. The van der Waals surface area contributed by atoms with Gasteiger partial charge in [0.25, 0.3) is 5.91 Å². The molecule has 0 radical (unpaired) electrons. The number of hydrogen-bond donors (Lipinski definition) is 0. The zero-order chi connectivity index (χ0) is 22.1. The number of methoxy groups -OCH3 is 1. The Labute approximate surface area is 181 Å². The van der Waals surface area contributed by atoms with E-state index in [4.69, 9.17) is 16.3 Å². The molecule has 3 rings (SSSR count). The molecule has 0 spiro atoms. The van der Waals surface area contributed by atoms with Gasteiger partial charge in [-0.1, -0.05) is 11.6 Å². The van der Waals surface area contributed by atoms with Gasteiger partial charge in [0.15, 0.2) is 9.84 Å². The van der Waals surface area contributed by atoms with Crippen LogP contribution in [0, 0.1) is 0 Å². The number of nitrogens with zero attached hydrogens (tertiary/aromatic N) is 2. The normalized spacial score (nSPS) is 11.5. The van der Waals surface area contributed by atoms with Gasteiger partial charge in [-0.3, -0.25) is 4.79 Å². The first-order valence-corrected chi connectivity index (χ1v) is 11.5. The van der Waals surface area contributed by atoms with Crippen molar-refractivity contribution < 1.29 is 17.9 Å². The topological polar surface area (TPSA) is 68.6 Å². The van der Waals surface area contributed by atoms with Gasteiger partial charge in [0.2, 0.25) is 0 Å². The van der Waals surface area contributed by atoms with Crippen LogP contribution in [0.4, 0.5) is 5.69 Å². The molecular weight excluding hydrogens is 424 g/mol. The van der Waals surface area contributed by atoms with Crippen molar-refractivity contribution in [2.75, 3.05) is 18.3 Å². The molecule has 6 nitrogen and oxygen atoms in total. The fourth-order valence-corrected chi connectivity index (χ4v) is 4.10. The summed E-state index contributed by atoms with van der Waals surface area (Å²) in [6.07, 6.45) is 4.85. The molecule has 0 unspecified atom stereocenters. The Morgan fingerprint density at radius 1 is 1.10 bits per heavy atom. The minimum Gasteiger partial charge on any atom is -0.496 e. The summed E-state index contributed by atoms with van der Waals surface area (Å²) in [5, 5.41) is 0.409. The van der Waals surface area contributed by atoms with Gasteiger partial charge in [-0.2, -0.15) is 0 Å². The first-order chi connectivity index (χ1) is 14.1. The van der Waals surface area contributed by atoms with Crippen LogP contribution in [-0.4, -0.2) is 38.3 Å². The lowest BCUT2D eigenvalue weighted by Crippen LogP contribution is -2.37. The Morgan fingerprint density at radius 3 is 2.20 bits per heavy atom. The van der Waals surface area contributed by atoms with Crippen LogP contribution in [0.5, 0.6) is 5.75 Å². The minimum absolute atomic E-state index is 0.186. The summed E-state index contributed by atoms with van der Waals surface area (Å²) in [4.78, 5) is 15.2. The fourth-order valence-electron chi connectivity index (χ4n) is 3.21. The lowest BCUT2D eigenvalue weighted by atomic mass is 10.1. The molecule has 0 saturated carbocycles.